The number of aliphatic hydroxyl groups excluding tert-OH is 1. The molecule has 5 heteroatoms. The quantitative estimate of drug-likeness (QED) is 0.776. The molecule has 96 valence electrons. The second-order valence-electron chi connectivity index (χ2n) is 4.08. The van der Waals surface area contributed by atoms with Crippen LogP contribution < -0.4 is 4.74 Å². The second kappa shape index (κ2) is 4.70. The number of aliphatic hydroxyl groups is 1. The first-order chi connectivity index (χ1) is 9.35. The Morgan fingerprint density at radius 2 is 2.05 bits per heavy atom. The smallest absolute Gasteiger partial charge is 0.240 e. The lowest BCUT2D eigenvalue weighted by Crippen LogP contribution is -1.95. The van der Waals surface area contributed by atoms with Gasteiger partial charge in [0.15, 0.2) is 0 Å². The summed E-state index contributed by atoms with van der Waals surface area (Å²) < 4.78 is 6.92. The Kier molecular flexibility index (Phi) is 2.89. The van der Waals surface area contributed by atoms with Gasteiger partial charge in [0.05, 0.1) is 19.4 Å². The summed E-state index contributed by atoms with van der Waals surface area (Å²) in [5, 5.41) is 14.1. The van der Waals surface area contributed by atoms with Crippen LogP contribution in [0.15, 0.2) is 42.7 Å². The Morgan fingerprint density at radius 3 is 2.74 bits per heavy atom. The van der Waals surface area contributed by atoms with E-state index in [0.717, 1.165) is 16.8 Å². The maximum absolute atomic E-state index is 9.65. The molecule has 0 saturated carbocycles. The molecule has 0 spiro atoms. The van der Waals surface area contributed by atoms with E-state index in [-0.39, 0.29) is 6.61 Å². The number of benzene rings is 1. The van der Waals surface area contributed by atoms with Crippen LogP contribution in [-0.4, -0.2) is 26.8 Å². The van der Waals surface area contributed by atoms with Crippen molar-refractivity contribution in [1.82, 2.24) is 14.6 Å². The first kappa shape index (κ1) is 11.7. The molecule has 0 aliphatic heterocycles. The highest BCUT2D eigenvalue weighted by Gasteiger charge is 2.17. The number of hydrogen-bond acceptors (Lipinski definition) is 4. The van der Waals surface area contributed by atoms with Crippen LogP contribution in [0.2, 0.25) is 0 Å². The molecule has 0 bridgehead atoms. The van der Waals surface area contributed by atoms with Crippen LogP contribution in [0.5, 0.6) is 5.88 Å². The monoisotopic (exact) mass is 255 g/mol. The number of ether oxygens (including phenoxy) is 1. The number of methoxy groups -OCH3 is 1. The number of rotatable bonds is 3. The summed E-state index contributed by atoms with van der Waals surface area (Å²) in [4.78, 5) is 4.15. The highest BCUT2D eigenvalue weighted by molar-refractivity contribution is 5.75. The summed E-state index contributed by atoms with van der Waals surface area (Å²) in [6.45, 7) is -0.115. The Labute approximate surface area is 110 Å². The number of aromatic nitrogens is 3. The van der Waals surface area contributed by atoms with Gasteiger partial charge in [-0.15, -0.1) is 0 Å². The molecule has 5 nitrogen and oxygen atoms in total. The maximum Gasteiger partial charge on any atom is 0.240 e. The molecular formula is C14H13N3O2. The first-order valence-corrected chi connectivity index (χ1v) is 5.91. The summed E-state index contributed by atoms with van der Waals surface area (Å²) in [7, 11) is 1.55. The molecule has 0 radical (unpaired) electrons. The highest BCUT2D eigenvalue weighted by atomic mass is 16.5. The van der Waals surface area contributed by atoms with Gasteiger partial charge in [0.25, 0.3) is 0 Å². The number of hydrogen-bond donors (Lipinski definition) is 1. The molecule has 2 heterocycles. The van der Waals surface area contributed by atoms with Crippen molar-refractivity contribution in [2.45, 2.75) is 6.61 Å². The van der Waals surface area contributed by atoms with Gasteiger partial charge in [-0.25, -0.2) is 9.50 Å². The minimum Gasteiger partial charge on any atom is -0.479 e. The van der Waals surface area contributed by atoms with E-state index in [9.17, 15) is 5.11 Å². The van der Waals surface area contributed by atoms with Gasteiger partial charge >= 0.3 is 0 Å². The zero-order valence-corrected chi connectivity index (χ0v) is 10.4. The van der Waals surface area contributed by atoms with Crippen molar-refractivity contribution in [2.24, 2.45) is 0 Å². The topological polar surface area (TPSA) is 59.7 Å². The van der Waals surface area contributed by atoms with Crippen molar-refractivity contribution in [3.05, 3.63) is 48.3 Å². The first-order valence-electron chi connectivity index (χ1n) is 5.91. The Morgan fingerprint density at radius 1 is 1.26 bits per heavy atom. The van der Waals surface area contributed by atoms with Crippen LogP contribution in [0.1, 0.15) is 5.56 Å². The molecule has 0 fully saturated rings. The summed E-state index contributed by atoms with van der Waals surface area (Å²) in [6.07, 6.45) is 3.36. The lowest BCUT2D eigenvalue weighted by molar-refractivity contribution is 0.283. The fourth-order valence-electron chi connectivity index (χ4n) is 2.16. The molecule has 1 N–H and O–H groups in total. The summed E-state index contributed by atoms with van der Waals surface area (Å²) in [6, 6.07) is 9.74. The van der Waals surface area contributed by atoms with Gasteiger partial charge in [-0.2, -0.15) is 5.10 Å². The van der Waals surface area contributed by atoms with Gasteiger partial charge in [0.2, 0.25) is 5.88 Å². The predicted octanol–water partition coefficient (Wildman–Crippen LogP) is 1.90. The third-order valence-corrected chi connectivity index (χ3v) is 3.01. The average molecular weight is 255 g/mol. The van der Waals surface area contributed by atoms with E-state index in [1.165, 1.54) is 0 Å². The molecule has 0 saturated heterocycles. The lowest BCUT2D eigenvalue weighted by Gasteiger charge is -2.02. The third-order valence-electron chi connectivity index (χ3n) is 3.01. The molecular weight excluding hydrogens is 242 g/mol. The lowest BCUT2D eigenvalue weighted by atomic mass is 10.1. The third kappa shape index (κ3) is 1.84. The molecule has 0 atom stereocenters. The second-order valence-corrected chi connectivity index (χ2v) is 4.08. The van der Waals surface area contributed by atoms with Crippen molar-refractivity contribution in [2.75, 3.05) is 7.11 Å². The fraction of sp³-hybridized carbons (Fsp3) is 0.143. The molecule has 0 amide bonds. The van der Waals surface area contributed by atoms with Crippen LogP contribution in [-0.2, 0) is 6.61 Å². The van der Waals surface area contributed by atoms with E-state index in [0.29, 0.717) is 11.4 Å². The minimum absolute atomic E-state index is 0.115. The van der Waals surface area contributed by atoms with Crippen molar-refractivity contribution in [3.8, 4) is 17.1 Å². The van der Waals surface area contributed by atoms with Gasteiger partial charge in [-0.3, -0.25) is 0 Å². The number of fused-ring (bicyclic) bond motifs is 1. The Bertz CT molecular complexity index is 707. The minimum atomic E-state index is -0.115. The molecule has 19 heavy (non-hydrogen) atoms. The SMILES string of the molecule is COc1nccn2nc(-c3ccccc3)c(CO)c12. The van der Waals surface area contributed by atoms with Crippen LogP contribution in [0.25, 0.3) is 16.8 Å². The van der Waals surface area contributed by atoms with Gasteiger partial charge in [0, 0.05) is 23.5 Å². The van der Waals surface area contributed by atoms with Gasteiger partial charge < -0.3 is 9.84 Å². The molecule has 3 aromatic rings. The van der Waals surface area contributed by atoms with E-state index in [1.807, 2.05) is 30.3 Å². The van der Waals surface area contributed by atoms with E-state index in [1.54, 1.807) is 24.0 Å². The highest BCUT2D eigenvalue weighted by Crippen LogP contribution is 2.29. The van der Waals surface area contributed by atoms with Crippen molar-refractivity contribution < 1.29 is 9.84 Å². The molecule has 0 aliphatic rings. The van der Waals surface area contributed by atoms with Gasteiger partial charge in [0.1, 0.15) is 5.52 Å². The molecule has 3 rings (SSSR count). The Balaban J connectivity index is 2.32. The Hall–Kier alpha value is -2.40. The standard InChI is InChI=1S/C14H13N3O2/c1-19-14-13-11(9-18)12(10-5-3-2-4-6-10)16-17(13)8-7-15-14/h2-8,18H,9H2,1H3. The molecule has 1 aromatic carbocycles. The van der Waals surface area contributed by atoms with Crippen molar-refractivity contribution >= 4 is 5.52 Å². The normalized spacial score (nSPS) is 10.8. The fourth-order valence-corrected chi connectivity index (χ4v) is 2.16. The molecule has 2 aromatic heterocycles. The predicted molar refractivity (Wildman–Crippen MR) is 70.9 cm³/mol. The average Bonchev–Trinajstić information content (AvgIpc) is 2.86. The van der Waals surface area contributed by atoms with Gasteiger partial charge in [-0.05, 0) is 0 Å². The summed E-state index contributed by atoms with van der Waals surface area (Å²) in [5.74, 6) is 0.459. The zero-order valence-electron chi connectivity index (χ0n) is 10.4. The van der Waals surface area contributed by atoms with E-state index in [4.69, 9.17) is 4.74 Å². The summed E-state index contributed by atoms with van der Waals surface area (Å²) in [5.41, 5.74) is 3.12. The van der Waals surface area contributed by atoms with Crippen LogP contribution in [0.3, 0.4) is 0 Å². The largest absolute Gasteiger partial charge is 0.479 e. The van der Waals surface area contributed by atoms with Crippen molar-refractivity contribution in [3.63, 3.8) is 0 Å². The number of nitrogens with zero attached hydrogens (tertiary/aromatic N) is 3. The molecule has 0 unspecified atom stereocenters. The van der Waals surface area contributed by atoms with Gasteiger partial charge in [-0.1, -0.05) is 30.3 Å². The van der Waals surface area contributed by atoms with Crippen molar-refractivity contribution in [1.29, 1.82) is 0 Å². The van der Waals surface area contributed by atoms with Crippen LogP contribution >= 0.6 is 0 Å². The van der Waals surface area contributed by atoms with E-state index in [2.05, 4.69) is 10.1 Å². The van der Waals surface area contributed by atoms with Crippen LogP contribution in [0, 0.1) is 0 Å². The zero-order chi connectivity index (χ0) is 13.2. The molecule has 0 aliphatic carbocycles. The maximum atomic E-state index is 9.65. The van der Waals surface area contributed by atoms with Crippen LogP contribution in [0.4, 0.5) is 0 Å². The summed E-state index contributed by atoms with van der Waals surface area (Å²) >= 11 is 0. The van der Waals surface area contributed by atoms with E-state index >= 15 is 0 Å². The van der Waals surface area contributed by atoms with E-state index < -0.39 is 0 Å².